The molecule has 190 valence electrons. The minimum atomic E-state index is -0.591. The van der Waals surface area contributed by atoms with Crippen LogP contribution in [0, 0.1) is 5.92 Å². The van der Waals surface area contributed by atoms with Crippen LogP contribution in [0.3, 0.4) is 0 Å². The van der Waals surface area contributed by atoms with Crippen molar-refractivity contribution in [1.82, 2.24) is 20.2 Å². The van der Waals surface area contributed by atoms with Gasteiger partial charge in [0, 0.05) is 12.6 Å². The van der Waals surface area contributed by atoms with Crippen molar-refractivity contribution in [2.45, 2.75) is 38.3 Å². The fraction of sp³-hybridized carbons (Fsp3) is 0.300. The number of fused-ring (bicyclic) bond motifs is 2. The van der Waals surface area contributed by atoms with Crippen molar-refractivity contribution in [3.05, 3.63) is 95.3 Å². The highest BCUT2D eigenvalue weighted by Gasteiger charge is 2.43. The topological polar surface area (TPSA) is 87.3 Å². The molecule has 7 heteroatoms. The van der Waals surface area contributed by atoms with Crippen LogP contribution < -0.4 is 10.1 Å². The maximum Gasteiger partial charge on any atom is 0.254 e. The maximum absolute atomic E-state index is 14.2. The number of aromatic nitrogens is 2. The van der Waals surface area contributed by atoms with E-state index in [0.717, 1.165) is 40.2 Å². The summed E-state index contributed by atoms with van der Waals surface area (Å²) in [5, 5.41) is 3.30. The van der Waals surface area contributed by atoms with Gasteiger partial charge in [0.2, 0.25) is 5.91 Å². The van der Waals surface area contributed by atoms with Crippen LogP contribution in [0.15, 0.2) is 72.8 Å². The molecule has 7 nitrogen and oxygen atoms in total. The highest BCUT2D eigenvalue weighted by Crippen LogP contribution is 2.42. The van der Waals surface area contributed by atoms with Crippen molar-refractivity contribution in [2.75, 3.05) is 14.2 Å². The number of nitrogens with one attached hydrogen (secondary N) is 2. The summed E-state index contributed by atoms with van der Waals surface area (Å²) in [5.41, 5.74) is 3.96. The molecule has 0 bridgehead atoms. The largest absolute Gasteiger partial charge is 0.497 e. The highest BCUT2D eigenvalue weighted by atomic mass is 16.5. The van der Waals surface area contributed by atoms with Crippen molar-refractivity contribution in [2.24, 2.45) is 5.92 Å². The van der Waals surface area contributed by atoms with Gasteiger partial charge in [0.05, 0.1) is 36.1 Å². The number of likely N-dealkylation sites (N-methyl/N-ethyl adjacent to an activating group) is 1. The number of amides is 2. The fourth-order valence-corrected chi connectivity index (χ4v) is 5.28. The number of imidazole rings is 1. The minimum absolute atomic E-state index is 0.100. The van der Waals surface area contributed by atoms with Gasteiger partial charge < -0.3 is 19.9 Å². The first-order chi connectivity index (χ1) is 17.9. The van der Waals surface area contributed by atoms with Crippen LogP contribution in [0.4, 0.5) is 0 Å². The fourth-order valence-electron chi connectivity index (χ4n) is 5.28. The van der Waals surface area contributed by atoms with E-state index in [4.69, 9.17) is 9.72 Å². The van der Waals surface area contributed by atoms with Crippen LogP contribution in [-0.4, -0.2) is 40.8 Å². The third kappa shape index (κ3) is 4.69. The molecule has 0 unspecified atom stereocenters. The third-order valence-electron chi connectivity index (χ3n) is 7.08. The molecule has 0 fully saturated rings. The number of aromatic amines is 1. The van der Waals surface area contributed by atoms with Crippen molar-refractivity contribution < 1.29 is 14.3 Å². The van der Waals surface area contributed by atoms with Crippen LogP contribution in [0.1, 0.15) is 65.6 Å². The smallest absolute Gasteiger partial charge is 0.254 e. The number of rotatable bonds is 7. The zero-order chi connectivity index (χ0) is 26.1. The first-order valence-corrected chi connectivity index (χ1v) is 12.6. The highest BCUT2D eigenvalue weighted by molar-refractivity contribution is 6.01. The minimum Gasteiger partial charge on any atom is -0.497 e. The number of hydrogen-bond donors (Lipinski definition) is 2. The average molecular weight is 497 g/mol. The Kier molecular flexibility index (Phi) is 6.70. The number of H-pyrrole nitrogens is 1. The van der Waals surface area contributed by atoms with Crippen LogP contribution in [0.5, 0.6) is 5.75 Å². The number of hydrogen-bond acceptors (Lipinski definition) is 4. The number of carbonyl (C=O) groups is 2. The lowest BCUT2D eigenvalue weighted by Crippen LogP contribution is -2.46. The third-order valence-corrected chi connectivity index (χ3v) is 7.08. The molecule has 2 N–H and O–H groups in total. The second-order valence-electron chi connectivity index (χ2n) is 10.0. The molecule has 3 atom stereocenters. The Bertz CT molecular complexity index is 1390. The van der Waals surface area contributed by atoms with Gasteiger partial charge in [-0.2, -0.15) is 0 Å². The summed E-state index contributed by atoms with van der Waals surface area (Å²) in [6.45, 7) is 4.26. The Hall–Kier alpha value is -4.13. The number of methoxy groups -OCH3 is 1. The Labute approximate surface area is 216 Å². The zero-order valence-corrected chi connectivity index (χ0v) is 21.6. The summed E-state index contributed by atoms with van der Waals surface area (Å²) >= 11 is 0. The summed E-state index contributed by atoms with van der Waals surface area (Å²) in [4.78, 5) is 37.4. The van der Waals surface area contributed by atoms with E-state index in [1.54, 1.807) is 25.1 Å². The van der Waals surface area contributed by atoms with Gasteiger partial charge in [-0.1, -0.05) is 56.3 Å². The summed E-state index contributed by atoms with van der Waals surface area (Å²) in [6.07, 6.45) is 0.724. The lowest BCUT2D eigenvalue weighted by atomic mass is 9.79. The summed E-state index contributed by atoms with van der Waals surface area (Å²) in [5.74, 6) is 0.954. The summed E-state index contributed by atoms with van der Waals surface area (Å²) < 4.78 is 5.33. The van der Waals surface area contributed by atoms with Crippen LogP contribution in [0.2, 0.25) is 0 Å². The molecular weight excluding hydrogens is 464 g/mol. The first kappa shape index (κ1) is 24.6. The predicted molar refractivity (Wildman–Crippen MR) is 143 cm³/mol. The number of para-hydroxylation sites is 2. The molecule has 5 rings (SSSR count). The molecule has 2 amide bonds. The molecule has 2 heterocycles. The monoisotopic (exact) mass is 496 g/mol. The van der Waals surface area contributed by atoms with Gasteiger partial charge in [0.1, 0.15) is 11.6 Å². The Morgan fingerprint density at radius 1 is 1.05 bits per heavy atom. The molecule has 1 aliphatic heterocycles. The van der Waals surface area contributed by atoms with Crippen LogP contribution >= 0.6 is 0 Å². The van der Waals surface area contributed by atoms with Gasteiger partial charge in [-0.05, 0) is 53.8 Å². The van der Waals surface area contributed by atoms with E-state index in [-0.39, 0.29) is 17.9 Å². The SMILES string of the molecule is COc1ccc([C@H]2[C@@H](C(=O)N[C@@H](CC(C)C)c3nc4ccccc4[nH]3)c3ccccc3C(=O)N2C)cc1. The Balaban J connectivity index is 1.55. The van der Waals surface area contributed by atoms with Crippen molar-refractivity contribution in [3.63, 3.8) is 0 Å². The zero-order valence-electron chi connectivity index (χ0n) is 21.6. The lowest BCUT2D eigenvalue weighted by molar-refractivity contribution is -0.125. The van der Waals surface area contributed by atoms with E-state index >= 15 is 0 Å². The van der Waals surface area contributed by atoms with E-state index in [1.165, 1.54) is 0 Å². The van der Waals surface area contributed by atoms with Crippen LogP contribution in [-0.2, 0) is 4.79 Å². The van der Waals surface area contributed by atoms with Gasteiger partial charge in [-0.3, -0.25) is 9.59 Å². The number of ether oxygens (including phenoxy) is 1. The van der Waals surface area contributed by atoms with E-state index in [1.807, 2.05) is 66.7 Å². The summed E-state index contributed by atoms with van der Waals surface area (Å²) in [6, 6.07) is 22.1. The number of nitrogens with zero attached hydrogens (tertiary/aromatic N) is 2. The number of carbonyl (C=O) groups excluding carboxylic acids is 2. The predicted octanol–water partition coefficient (Wildman–Crippen LogP) is 5.39. The van der Waals surface area contributed by atoms with Gasteiger partial charge >= 0.3 is 0 Å². The molecule has 0 saturated carbocycles. The first-order valence-electron chi connectivity index (χ1n) is 12.6. The van der Waals surface area contributed by atoms with Crippen molar-refractivity contribution in [3.8, 4) is 5.75 Å². The van der Waals surface area contributed by atoms with E-state index in [0.29, 0.717) is 11.5 Å². The van der Waals surface area contributed by atoms with Gasteiger partial charge in [0.15, 0.2) is 0 Å². The number of benzene rings is 3. The molecule has 1 aromatic heterocycles. The molecule has 1 aliphatic rings. The molecule has 0 saturated heterocycles. The second kappa shape index (κ2) is 10.1. The lowest BCUT2D eigenvalue weighted by Gasteiger charge is -2.40. The van der Waals surface area contributed by atoms with Gasteiger partial charge in [0.25, 0.3) is 5.91 Å². The molecule has 0 aliphatic carbocycles. The normalized spacial score (nSPS) is 18.1. The van der Waals surface area contributed by atoms with Gasteiger partial charge in [-0.15, -0.1) is 0 Å². The molecule has 4 aromatic rings. The quantitative estimate of drug-likeness (QED) is 0.359. The Morgan fingerprint density at radius 2 is 1.76 bits per heavy atom. The van der Waals surface area contributed by atoms with Crippen molar-refractivity contribution >= 4 is 22.8 Å². The standard InChI is InChI=1S/C30H32N4O3/c1-18(2)17-25(28-31-23-11-7-8-12-24(23)32-28)33-29(35)26-21-9-5-6-10-22(21)30(36)34(3)27(26)19-13-15-20(37-4)16-14-19/h5-16,18,25-27H,17H2,1-4H3,(H,31,32)(H,33,35)/t25-,26-,27-/m0/s1. The molecule has 0 spiro atoms. The van der Waals surface area contributed by atoms with Gasteiger partial charge in [-0.25, -0.2) is 4.98 Å². The molecule has 3 aromatic carbocycles. The van der Waals surface area contributed by atoms with E-state index < -0.39 is 12.0 Å². The molecular formula is C30H32N4O3. The van der Waals surface area contributed by atoms with Crippen LogP contribution in [0.25, 0.3) is 11.0 Å². The molecule has 37 heavy (non-hydrogen) atoms. The van der Waals surface area contributed by atoms with E-state index in [2.05, 4.69) is 24.1 Å². The average Bonchev–Trinajstić information content (AvgIpc) is 3.34. The Morgan fingerprint density at radius 3 is 2.46 bits per heavy atom. The molecule has 0 radical (unpaired) electrons. The van der Waals surface area contributed by atoms with Crippen molar-refractivity contribution in [1.29, 1.82) is 0 Å². The summed E-state index contributed by atoms with van der Waals surface area (Å²) in [7, 11) is 3.38. The second-order valence-corrected chi connectivity index (χ2v) is 10.0. The maximum atomic E-state index is 14.2. The van der Waals surface area contributed by atoms with E-state index in [9.17, 15) is 9.59 Å².